The third kappa shape index (κ3) is 4.25. The van der Waals surface area contributed by atoms with E-state index in [1.165, 1.54) is 0 Å². The summed E-state index contributed by atoms with van der Waals surface area (Å²) < 4.78 is 9.76. The summed E-state index contributed by atoms with van der Waals surface area (Å²) in [5.41, 5.74) is 0. The van der Waals surface area contributed by atoms with Gasteiger partial charge in [-0.25, -0.2) is 4.79 Å². The van der Waals surface area contributed by atoms with Crippen LogP contribution in [0.3, 0.4) is 0 Å². The van der Waals surface area contributed by atoms with Gasteiger partial charge < -0.3 is 9.47 Å². The fourth-order valence-corrected chi connectivity index (χ4v) is 0.906. The zero-order valence-electron chi connectivity index (χ0n) is 9.20. The van der Waals surface area contributed by atoms with Crippen molar-refractivity contribution in [2.45, 2.75) is 40.2 Å². The molecule has 0 bridgehead atoms. The summed E-state index contributed by atoms with van der Waals surface area (Å²) in [6.45, 7) is 7.32. The molecule has 0 aromatic carbocycles. The molecule has 0 N–H and O–H groups in total. The van der Waals surface area contributed by atoms with E-state index in [0.29, 0.717) is 6.61 Å². The van der Waals surface area contributed by atoms with Gasteiger partial charge in [0, 0.05) is 12.3 Å². The predicted octanol–water partition coefficient (Wildman–Crippen LogP) is 1.53. The van der Waals surface area contributed by atoms with Gasteiger partial charge in [-0.3, -0.25) is 4.79 Å². The minimum Gasteiger partial charge on any atom is -0.463 e. The van der Waals surface area contributed by atoms with Gasteiger partial charge in [0.15, 0.2) is 0 Å². The number of carbonyl (C=O) groups excluding carboxylic acids is 2. The smallest absolute Gasteiger partial charge is 0.347 e. The van der Waals surface area contributed by atoms with Crippen LogP contribution in [0.2, 0.25) is 0 Å². The van der Waals surface area contributed by atoms with Crippen LogP contribution in [0.25, 0.3) is 0 Å². The maximum atomic E-state index is 11.3. The molecule has 0 rings (SSSR count). The molecule has 0 fully saturated rings. The third-order valence-electron chi connectivity index (χ3n) is 1.67. The van der Waals surface area contributed by atoms with Crippen molar-refractivity contribution in [3.8, 4) is 0 Å². The maximum absolute atomic E-state index is 11.3. The van der Waals surface area contributed by atoms with Gasteiger partial charge in [0.25, 0.3) is 0 Å². The second kappa shape index (κ2) is 6.40. The lowest BCUT2D eigenvalue weighted by Crippen LogP contribution is -2.33. The lowest BCUT2D eigenvalue weighted by atomic mass is 10.1. The molecule has 0 saturated carbocycles. The van der Waals surface area contributed by atoms with Gasteiger partial charge in [0.05, 0.1) is 6.61 Å². The summed E-state index contributed by atoms with van der Waals surface area (Å²) in [6.07, 6.45) is -0.509. The lowest BCUT2D eigenvalue weighted by Gasteiger charge is -2.18. The topological polar surface area (TPSA) is 52.6 Å². The first-order valence-electron chi connectivity index (χ1n) is 4.89. The molecule has 1 atom stereocenters. The van der Waals surface area contributed by atoms with Crippen molar-refractivity contribution in [3.05, 3.63) is 0 Å². The van der Waals surface area contributed by atoms with Crippen molar-refractivity contribution in [2.75, 3.05) is 6.61 Å². The quantitative estimate of drug-likeness (QED) is 0.634. The average molecular weight is 202 g/mol. The second-order valence-electron chi connectivity index (χ2n) is 3.26. The van der Waals surface area contributed by atoms with Gasteiger partial charge in [0.1, 0.15) is 0 Å². The number of rotatable bonds is 5. The van der Waals surface area contributed by atoms with Crippen molar-refractivity contribution >= 4 is 11.9 Å². The Balaban J connectivity index is 4.29. The normalized spacial score (nSPS) is 12.4. The first-order chi connectivity index (χ1) is 6.52. The standard InChI is InChI=1S/C10H18O4/c1-5-8(11)14-9(7(3)4)10(12)13-6-2/h7,9H,5-6H2,1-4H3. The average Bonchev–Trinajstić information content (AvgIpc) is 2.13. The number of hydrogen-bond acceptors (Lipinski definition) is 4. The van der Waals surface area contributed by atoms with Crippen molar-refractivity contribution < 1.29 is 19.1 Å². The summed E-state index contributed by atoms with van der Waals surface area (Å²) in [5.74, 6) is -0.911. The molecule has 0 aliphatic carbocycles. The van der Waals surface area contributed by atoms with Crippen molar-refractivity contribution in [1.82, 2.24) is 0 Å². The van der Waals surface area contributed by atoms with Crippen LogP contribution in [0.5, 0.6) is 0 Å². The highest BCUT2D eigenvalue weighted by Crippen LogP contribution is 2.09. The SMILES string of the molecule is CCOC(=O)C(OC(=O)CC)C(C)C. The van der Waals surface area contributed by atoms with E-state index in [4.69, 9.17) is 9.47 Å². The molecule has 82 valence electrons. The summed E-state index contributed by atoms with van der Waals surface area (Å²) >= 11 is 0. The van der Waals surface area contributed by atoms with E-state index in [1.807, 2.05) is 13.8 Å². The molecule has 1 unspecified atom stereocenters. The van der Waals surface area contributed by atoms with Crippen LogP contribution in [-0.4, -0.2) is 24.6 Å². The van der Waals surface area contributed by atoms with Crippen LogP contribution < -0.4 is 0 Å². The Morgan fingerprint density at radius 3 is 2.14 bits per heavy atom. The monoisotopic (exact) mass is 202 g/mol. The van der Waals surface area contributed by atoms with E-state index in [0.717, 1.165) is 0 Å². The third-order valence-corrected chi connectivity index (χ3v) is 1.67. The van der Waals surface area contributed by atoms with Crippen molar-refractivity contribution in [1.29, 1.82) is 0 Å². The van der Waals surface area contributed by atoms with Gasteiger partial charge >= 0.3 is 11.9 Å². The van der Waals surface area contributed by atoms with E-state index in [-0.39, 0.29) is 18.3 Å². The maximum Gasteiger partial charge on any atom is 0.347 e. The molecule has 0 aliphatic rings. The van der Waals surface area contributed by atoms with Crippen LogP contribution in [0.4, 0.5) is 0 Å². The second-order valence-corrected chi connectivity index (χ2v) is 3.26. The van der Waals surface area contributed by atoms with Crippen molar-refractivity contribution in [3.63, 3.8) is 0 Å². The molecule has 0 aromatic heterocycles. The highest BCUT2D eigenvalue weighted by atomic mass is 16.6. The fraction of sp³-hybridized carbons (Fsp3) is 0.800. The van der Waals surface area contributed by atoms with E-state index in [1.54, 1.807) is 13.8 Å². The number of hydrogen-bond donors (Lipinski definition) is 0. The lowest BCUT2D eigenvalue weighted by molar-refractivity contribution is -0.170. The first-order valence-corrected chi connectivity index (χ1v) is 4.89. The van der Waals surface area contributed by atoms with Crippen LogP contribution >= 0.6 is 0 Å². The zero-order valence-corrected chi connectivity index (χ0v) is 9.20. The molecule has 0 heterocycles. The minimum absolute atomic E-state index is 0.0652. The molecule has 0 saturated heterocycles. The molecule has 0 aromatic rings. The van der Waals surface area contributed by atoms with E-state index in [9.17, 15) is 9.59 Å². The molecule has 4 nitrogen and oxygen atoms in total. The first kappa shape index (κ1) is 12.9. The number of ether oxygens (including phenoxy) is 2. The molecule has 14 heavy (non-hydrogen) atoms. The summed E-state index contributed by atoms with van der Waals surface area (Å²) in [5, 5.41) is 0. The highest BCUT2D eigenvalue weighted by Gasteiger charge is 2.26. The summed E-state index contributed by atoms with van der Waals surface area (Å²) in [4.78, 5) is 22.3. The molecule has 4 heteroatoms. The Morgan fingerprint density at radius 2 is 1.79 bits per heavy atom. The van der Waals surface area contributed by atoms with Crippen LogP contribution in [-0.2, 0) is 19.1 Å². The summed E-state index contributed by atoms with van der Waals surface area (Å²) in [6, 6.07) is 0. The molecule has 0 radical (unpaired) electrons. The Labute approximate surface area is 84.6 Å². The Kier molecular flexibility index (Phi) is 5.92. The Morgan fingerprint density at radius 1 is 1.21 bits per heavy atom. The molecule has 0 aliphatic heterocycles. The molecular formula is C10H18O4. The zero-order chi connectivity index (χ0) is 11.1. The fourth-order valence-electron chi connectivity index (χ4n) is 0.906. The Bertz CT molecular complexity index is 198. The molecule has 0 spiro atoms. The number of carbonyl (C=O) groups is 2. The highest BCUT2D eigenvalue weighted by molar-refractivity contribution is 5.79. The largest absolute Gasteiger partial charge is 0.463 e. The minimum atomic E-state index is -0.776. The van der Waals surface area contributed by atoms with Gasteiger partial charge in [-0.15, -0.1) is 0 Å². The van der Waals surface area contributed by atoms with Crippen LogP contribution in [0.1, 0.15) is 34.1 Å². The van der Waals surface area contributed by atoms with E-state index >= 15 is 0 Å². The Hall–Kier alpha value is -1.06. The van der Waals surface area contributed by atoms with Gasteiger partial charge in [-0.05, 0) is 6.92 Å². The van der Waals surface area contributed by atoms with Gasteiger partial charge in [-0.1, -0.05) is 20.8 Å². The van der Waals surface area contributed by atoms with Gasteiger partial charge in [-0.2, -0.15) is 0 Å². The molecule has 0 amide bonds. The van der Waals surface area contributed by atoms with Crippen LogP contribution in [0, 0.1) is 5.92 Å². The van der Waals surface area contributed by atoms with E-state index < -0.39 is 12.1 Å². The van der Waals surface area contributed by atoms with Gasteiger partial charge in [0.2, 0.25) is 6.10 Å². The molecular weight excluding hydrogens is 184 g/mol. The summed E-state index contributed by atoms with van der Waals surface area (Å²) in [7, 11) is 0. The van der Waals surface area contributed by atoms with E-state index in [2.05, 4.69) is 0 Å². The van der Waals surface area contributed by atoms with Crippen LogP contribution in [0.15, 0.2) is 0 Å². The predicted molar refractivity (Wildman–Crippen MR) is 51.6 cm³/mol. The van der Waals surface area contributed by atoms with Crippen molar-refractivity contribution in [2.24, 2.45) is 5.92 Å². The number of esters is 2.